The Labute approximate surface area is 190 Å². The van der Waals surface area contributed by atoms with Gasteiger partial charge in [-0.3, -0.25) is 9.59 Å². The number of hydrogen-bond acceptors (Lipinski definition) is 6. The third-order valence-electron chi connectivity index (χ3n) is 4.59. The van der Waals surface area contributed by atoms with E-state index in [4.69, 9.17) is 0 Å². The largest absolute Gasteiger partial charge is 0.326 e. The smallest absolute Gasteiger partial charge is 0.272 e. The van der Waals surface area contributed by atoms with Gasteiger partial charge in [-0.1, -0.05) is 66.4 Å². The van der Waals surface area contributed by atoms with Crippen LogP contribution < -0.4 is 5.32 Å². The molecule has 0 unspecified atom stereocenters. The molecule has 0 aromatic heterocycles. The average Bonchev–Trinajstić information content (AvgIpc) is 3.10. The molecule has 0 aliphatic carbocycles. The summed E-state index contributed by atoms with van der Waals surface area (Å²) in [6, 6.07) is 25.3. The fourth-order valence-electron chi connectivity index (χ4n) is 3.09. The zero-order chi connectivity index (χ0) is 22.6. The van der Waals surface area contributed by atoms with Crippen molar-refractivity contribution >= 4 is 50.1 Å². The van der Waals surface area contributed by atoms with Gasteiger partial charge >= 0.3 is 0 Å². The number of amidine groups is 1. The Bertz CT molecular complexity index is 1250. The highest BCUT2D eigenvalue weighted by Crippen LogP contribution is 2.35. The highest BCUT2D eigenvalue weighted by Gasteiger charge is 2.46. The van der Waals surface area contributed by atoms with Gasteiger partial charge in [-0.25, -0.2) is 13.4 Å². The van der Waals surface area contributed by atoms with E-state index in [0.717, 1.165) is 11.8 Å². The second kappa shape index (κ2) is 9.37. The van der Waals surface area contributed by atoms with Crippen molar-refractivity contribution in [2.45, 2.75) is 16.6 Å². The number of nitrogens with one attached hydrogen (secondary N) is 1. The van der Waals surface area contributed by atoms with Crippen LogP contribution in [0.4, 0.5) is 11.4 Å². The lowest BCUT2D eigenvalue weighted by molar-refractivity contribution is -0.125. The molecule has 0 bridgehead atoms. The van der Waals surface area contributed by atoms with Crippen molar-refractivity contribution in [3.8, 4) is 0 Å². The SMILES string of the molecule is O=C(C[C@H]1SC(=Nc2ccccc2)N(S(=O)(=O)c2ccccc2)C1=O)Nc1ccccc1. The zero-order valence-corrected chi connectivity index (χ0v) is 18.4. The number of rotatable bonds is 6. The Morgan fingerprint density at radius 2 is 1.47 bits per heavy atom. The first-order chi connectivity index (χ1) is 15.4. The van der Waals surface area contributed by atoms with Crippen molar-refractivity contribution in [1.29, 1.82) is 0 Å². The topological polar surface area (TPSA) is 95.9 Å². The van der Waals surface area contributed by atoms with Crippen LogP contribution in [0.5, 0.6) is 0 Å². The van der Waals surface area contributed by atoms with Crippen molar-refractivity contribution in [2.75, 3.05) is 5.32 Å². The molecule has 3 aromatic rings. The minimum atomic E-state index is -4.18. The fraction of sp³-hybridized carbons (Fsp3) is 0.0870. The summed E-state index contributed by atoms with van der Waals surface area (Å²) < 4.78 is 27.3. The van der Waals surface area contributed by atoms with Crippen LogP contribution in [-0.4, -0.2) is 35.0 Å². The number of aliphatic imine (C=N–C) groups is 1. The first-order valence-electron chi connectivity index (χ1n) is 9.75. The Balaban J connectivity index is 1.64. The highest BCUT2D eigenvalue weighted by atomic mass is 32.2. The Morgan fingerprint density at radius 3 is 2.09 bits per heavy atom. The fourth-order valence-corrected chi connectivity index (χ4v) is 5.94. The molecule has 32 heavy (non-hydrogen) atoms. The third kappa shape index (κ3) is 4.74. The summed E-state index contributed by atoms with van der Waals surface area (Å²) in [7, 11) is -4.18. The summed E-state index contributed by atoms with van der Waals surface area (Å²) in [5.41, 5.74) is 1.10. The van der Waals surface area contributed by atoms with Crippen molar-refractivity contribution in [2.24, 2.45) is 4.99 Å². The summed E-state index contributed by atoms with van der Waals surface area (Å²) in [4.78, 5) is 30.1. The highest BCUT2D eigenvalue weighted by molar-refractivity contribution is 8.17. The standard InChI is InChI=1S/C23H19N3O4S2/c27-21(24-17-10-4-1-5-11-17)16-20-22(28)26(32(29,30)19-14-8-3-9-15-19)23(31-20)25-18-12-6-2-7-13-18/h1-15,20H,16H2,(H,24,27)/t20-/m1/s1. The average molecular weight is 466 g/mol. The van der Waals surface area contributed by atoms with Crippen LogP contribution in [0.1, 0.15) is 6.42 Å². The van der Waals surface area contributed by atoms with Crippen LogP contribution >= 0.6 is 11.8 Å². The molecule has 1 atom stereocenters. The molecule has 4 rings (SSSR count). The molecule has 1 aliphatic rings. The van der Waals surface area contributed by atoms with Crippen LogP contribution in [0.2, 0.25) is 0 Å². The quantitative estimate of drug-likeness (QED) is 0.593. The zero-order valence-electron chi connectivity index (χ0n) is 16.8. The Hall–Kier alpha value is -3.43. The molecule has 1 aliphatic heterocycles. The second-order valence-electron chi connectivity index (χ2n) is 6.88. The number of carbonyl (C=O) groups excluding carboxylic acids is 2. The maximum absolute atomic E-state index is 13.3. The van der Waals surface area contributed by atoms with Gasteiger partial charge in [0.1, 0.15) is 5.25 Å². The lowest BCUT2D eigenvalue weighted by atomic mass is 10.2. The molecule has 3 aromatic carbocycles. The molecule has 2 amide bonds. The predicted octanol–water partition coefficient (Wildman–Crippen LogP) is 4.04. The lowest BCUT2D eigenvalue weighted by Gasteiger charge is -2.16. The summed E-state index contributed by atoms with van der Waals surface area (Å²) in [6.45, 7) is 0. The van der Waals surface area contributed by atoms with Gasteiger partial charge in [-0.15, -0.1) is 0 Å². The molecule has 0 saturated carbocycles. The molecular formula is C23H19N3O4S2. The van der Waals surface area contributed by atoms with E-state index in [2.05, 4.69) is 10.3 Å². The van der Waals surface area contributed by atoms with Gasteiger partial charge in [0.15, 0.2) is 5.17 Å². The van der Waals surface area contributed by atoms with Gasteiger partial charge in [0, 0.05) is 12.1 Å². The number of thioether (sulfide) groups is 1. The number of sulfonamides is 1. The van der Waals surface area contributed by atoms with Crippen LogP contribution in [0.15, 0.2) is 101 Å². The van der Waals surface area contributed by atoms with Gasteiger partial charge in [0.05, 0.1) is 10.6 Å². The number of amides is 2. The first kappa shape index (κ1) is 21.8. The number of carbonyl (C=O) groups is 2. The molecule has 9 heteroatoms. The van der Waals surface area contributed by atoms with Gasteiger partial charge in [-0.2, -0.15) is 4.31 Å². The van der Waals surface area contributed by atoms with Crippen LogP contribution in [0.25, 0.3) is 0 Å². The van der Waals surface area contributed by atoms with E-state index in [1.165, 1.54) is 12.1 Å². The molecule has 7 nitrogen and oxygen atoms in total. The van der Waals surface area contributed by atoms with Crippen LogP contribution in [0.3, 0.4) is 0 Å². The van der Waals surface area contributed by atoms with Gasteiger partial charge in [0.2, 0.25) is 5.91 Å². The summed E-state index contributed by atoms with van der Waals surface area (Å²) >= 11 is 0.969. The molecule has 0 spiro atoms. The van der Waals surface area contributed by atoms with Crippen molar-refractivity contribution in [3.05, 3.63) is 91.0 Å². The van der Waals surface area contributed by atoms with E-state index in [0.29, 0.717) is 15.7 Å². The number of anilines is 1. The van der Waals surface area contributed by atoms with Crippen molar-refractivity contribution in [1.82, 2.24) is 4.31 Å². The number of para-hydroxylation sites is 2. The van der Waals surface area contributed by atoms with Crippen molar-refractivity contribution in [3.63, 3.8) is 0 Å². The molecule has 1 fully saturated rings. The number of nitrogens with zero attached hydrogens (tertiary/aromatic N) is 2. The van der Waals surface area contributed by atoms with E-state index < -0.39 is 21.2 Å². The molecule has 1 saturated heterocycles. The number of benzene rings is 3. The first-order valence-corrected chi connectivity index (χ1v) is 12.1. The second-order valence-corrected chi connectivity index (χ2v) is 9.83. The van der Waals surface area contributed by atoms with Crippen LogP contribution in [-0.2, 0) is 19.6 Å². The monoisotopic (exact) mass is 465 g/mol. The minimum absolute atomic E-state index is 0.0163. The Morgan fingerprint density at radius 1 is 0.906 bits per heavy atom. The third-order valence-corrected chi connectivity index (χ3v) is 7.54. The molecule has 162 valence electrons. The molecule has 1 heterocycles. The molecule has 0 radical (unpaired) electrons. The van der Waals surface area contributed by atoms with Crippen LogP contribution in [0, 0.1) is 0 Å². The van der Waals surface area contributed by atoms with E-state index in [9.17, 15) is 18.0 Å². The molecule has 1 N–H and O–H groups in total. The van der Waals surface area contributed by atoms with E-state index in [1.54, 1.807) is 66.7 Å². The predicted molar refractivity (Wildman–Crippen MR) is 125 cm³/mol. The van der Waals surface area contributed by atoms with E-state index >= 15 is 0 Å². The Kier molecular flexibility index (Phi) is 6.38. The minimum Gasteiger partial charge on any atom is -0.326 e. The normalized spacial score (nSPS) is 17.5. The van der Waals surface area contributed by atoms with Gasteiger partial charge < -0.3 is 5.32 Å². The molecular weight excluding hydrogens is 446 g/mol. The van der Waals surface area contributed by atoms with E-state index in [-0.39, 0.29) is 22.4 Å². The summed E-state index contributed by atoms with van der Waals surface area (Å²) in [5.74, 6) is -1.09. The van der Waals surface area contributed by atoms with Gasteiger partial charge in [0.25, 0.3) is 15.9 Å². The maximum atomic E-state index is 13.3. The number of hydrogen-bond donors (Lipinski definition) is 1. The lowest BCUT2D eigenvalue weighted by Crippen LogP contribution is -2.38. The summed E-state index contributed by atoms with van der Waals surface area (Å²) in [5, 5.41) is 1.83. The van der Waals surface area contributed by atoms with Crippen molar-refractivity contribution < 1.29 is 18.0 Å². The maximum Gasteiger partial charge on any atom is 0.272 e. The summed E-state index contributed by atoms with van der Waals surface area (Å²) in [6.07, 6.45) is -0.187. The van der Waals surface area contributed by atoms with E-state index in [1.807, 2.05) is 12.1 Å². The van der Waals surface area contributed by atoms with Gasteiger partial charge in [-0.05, 0) is 36.4 Å².